The number of nitrogens with zero attached hydrogens (tertiary/aromatic N) is 3. The second-order valence-corrected chi connectivity index (χ2v) is 7.57. The van der Waals surface area contributed by atoms with Crippen molar-refractivity contribution in [3.63, 3.8) is 0 Å². The molecule has 142 valence electrons. The molecule has 0 spiro atoms. The van der Waals surface area contributed by atoms with Gasteiger partial charge in [-0.05, 0) is 44.9 Å². The van der Waals surface area contributed by atoms with Crippen LogP contribution in [-0.2, 0) is 16.4 Å². The Morgan fingerprint density at radius 1 is 1.19 bits per heavy atom. The van der Waals surface area contributed by atoms with Crippen molar-refractivity contribution in [1.82, 2.24) is 9.97 Å². The highest BCUT2D eigenvalue weighted by Crippen LogP contribution is 2.44. The smallest absolute Gasteiger partial charge is 0.367 e. The van der Waals surface area contributed by atoms with Gasteiger partial charge in [-0.2, -0.15) is 13.2 Å². The molecule has 3 heterocycles. The zero-order valence-corrected chi connectivity index (χ0v) is 14.9. The highest BCUT2D eigenvalue weighted by molar-refractivity contribution is 6.07. The third kappa shape index (κ3) is 2.93. The fourth-order valence-electron chi connectivity index (χ4n) is 3.70. The second kappa shape index (κ2) is 5.94. The molecule has 0 unspecified atom stereocenters. The largest absolute Gasteiger partial charge is 0.417 e. The molecule has 1 aliphatic heterocycles. The topological polar surface area (TPSA) is 58.1 Å². The Labute approximate surface area is 154 Å². The van der Waals surface area contributed by atoms with E-state index in [-0.39, 0.29) is 18.0 Å². The number of pyridine rings is 2. The maximum absolute atomic E-state index is 12.9. The first-order chi connectivity index (χ1) is 12.7. The average Bonchev–Trinajstić information content (AvgIpc) is 2.78. The number of hydrogen-bond donors (Lipinski definition) is 1. The minimum Gasteiger partial charge on any atom is -0.367 e. The average molecular weight is 376 g/mol. The predicted molar refractivity (Wildman–Crippen MR) is 94.4 cm³/mol. The van der Waals surface area contributed by atoms with Crippen molar-refractivity contribution in [3.8, 4) is 0 Å². The van der Waals surface area contributed by atoms with E-state index in [1.807, 2.05) is 26.0 Å². The summed E-state index contributed by atoms with van der Waals surface area (Å²) in [5.74, 6) is 1.15. The van der Waals surface area contributed by atoms with E-state index in [0.29, 0.717) is 24.5 Å². The minimum absolute atomic E-state index is 0.0277. The van der Waals surface area contributed by atoms with Crippen LogP contribution < -0.4 is 10.2 Å². The minimum atomic E-state index is -4.39. The summed E-state index contributed by atoms with van der Waals surface area (Å²) >= 11 is 0. The van der Waals surface area contributed by atoms with E-state index in [1.54, 1.807) is 11.1 Å². The fraction of sp³-hybridized carbons (Fsp3) is 0.421. The molecule has 5 nitrogen and oxygen atoms in total. The summed E-state index contributed by atoms with van der Waals surface area (Å²) in [6, 6.07) is 6.19. The molecular formula is C19H19F3N4O. The van der Waals surface area contributed by atoms with Gasteiger partial charge in [0.15, 0.2) is 0 Å². The van der Waals surface area contributed by atoms with Crippen LogP contribution >= 0.6 is 0 Å². The van der Waals surface area contributed by atoms with Crippen LogP contribution in [0.2, 0.25) is 0 Å². The van der Waals surface area contributed by atoms with Crippen molar-refractivity contribution >= 4 is 17.5 Å². The number of carbonyl (C=O) groups excluding carboxylic acids is 1. The van der Waals surface area contributed by atoms with Crippen LogP contribution in [-0.4, -0.2) is 28.0 Å². The molecule has 0 bridgehead atoms. The normalized spacial score (nSPS) is 23.7. The summed E-state index contributed by atoms with van der Waals surface area (Å²) < 4.78 is 37.8. The van der Waals surface area contributed by atoms with Gasteiger partial charge in [0.25, 0.3) is 0 Å². The molecule has 0 aromatic carbocycles. The number of fused-ring (bicyclic) bond motifs is 1. The standard InChI is InChI=1S/C19H19F3N4O/c1-18(2)14-4-3-7-23-16(14)26(17(18)27)13-8-12(9-13)25-15-6-5-11(10-24-15)19(20,21)22/h3-7,10,12-13H,8-9H2,1-2H3,(H,24,25)/t12-,13-. The number of hydrogen-bond acceptors (Lipinski definition) is 4. The lowest BCUT2D eigenvalue weighted by Gasteiger charge is -2.41. The van der Waals surface area contributed by atoms with Crippen molar-refractivity contribution in [1.29, 1.82) is 0 Å². The van der Waals surface area contributed by atoms with Crippen LogP contribution in [0.25, 0.3) is 0 Å². The van der Waals surface area contributed by atoms with Gasteiger partial charge in [0.2, 0.25) is 5.91 Å². The van der Waals surface area contributed by atoms with Crippen LogP contribution in [0, 0.1) is 0 Å². The van der Waals surface area contributed by atoms with E-state index >= 15 is 0 Å². The molecular weight excluding hydrogens is 357 g/mol. The van der Waals surface area contributed by atoms with Gasteiger partial charge >= 0.3 is 6.18 Å². The number of alkyl halides is 3. The van der Waals surface area contributed by atoms with Gasteiger partial charge in [-0.1, -0.05) is 6.07 Å². The molecule has 2 aromatic heterocycles. The summed E-state index contributed by atoms with van der Waals surface area (Å²) in [6.07, 6.45) is -0.496. The molecule has 8 heteroatoms. The van der Waals surface area contributed by atoms with E-state index in [1.165, 1.54) is 6.07 Å². The summed E-state index contributed by atoms with van der Waals surface area (Å²) in [5.41, 5.74) is -0.445. The lowest BCUT2D eigenvalue weighted by molar-refractivity contribution is -0.137. The molecule has 0 saturated heterocycles. The molecule has 2 aromatic rings. The molecule has 27 heavy (non-hydrogen) atoms. The first kappa shape index (κ1) is 17.8. The first-order valence-electron chi connectivity index (χ1n) is 8.77. The zero-order valence-electron chi connectivity index (χ0n) is 14.9. The predicted octanol–water partition coefficient (Wildman–Crippen LogP) is 3.76. The van der Waals surface area contributed by atoms with E-state index < -0.39 is 17.2 Å². The van der Waals surface area contributed by atoms with Crippen molar-refractivity contribution in [2.75, 3.05) is 10.2 Å². The van der Waals surface area contributed by atoms with Crippen molar-refractivity contribution in [3.05, 3.63) is 47.8 Å². The van der Waals surface area contributed by atoms with E-state index in [9.17, 15) is 18.0 Å². The molecule has 0 atom stereocenters. The maximum atomic E-state index is 12.9. The lowest BCUT2D eigenvalue weighted by atomic mass is 9.84. The number of amides is 1. The quantitative estimate of drug-likeness (QED) is 0.886. The number of anilines is 2. The van der Waals surface area contributed by atoms with Crippen LogP contribution in [0.1, 0.15) is 37.8 Å². The van der Waals surface area contributed by atoms with Crippen LogP contribution in [0.5, 0.6) is 0 Å². The number of aromatic nitrogens is 2. The molecule has 0 radical (unpaired) electrons. The third-order valence-corrected chi connectivity index (χ3v) is 5.36. The fourth-order valence-corrected chi connectivity index (χ4v) is 3.70. The lowest BCUT2D eigenvalue weighted by Crippen LogP contribution is -2.53. The Kier molecular flexibility index (Phi) is 3.90. The van der Waals surface area contributed by atoms with Gasteiger partial charge in [0.1, 0.15) is 11.6 Å². The van der Waals surface area contributed by atoms with Crippen LogP contribution in [0.3, 0.4) is 0 Å². The highest BCUT2D eigenvalue weighted by Gasteiger charge is 2.50. The van der Waals surface area contributed by atoms with Gasteiger partial charge in [-0.3, -0.25) is 9.69 Å². The Balaban J connectivity index is 1.42. The monoisotopic (exact) mass is 376 g/mol. The molecule has 4 rings (SSSR count). The summed E-state index contributed by atoms with van der Waals surface area (Å²) in [7, 11) is 0. The zero-order chi connectivity index (χ0) is 19.4. The Bertz CT molecular complexity index is 873. The van der Waals surface area contributed by atoms with Gasteiger partial charge in [0, 0.05) is 30.0 Å². The summed E-state index contributed by atoms with van der Waals surface area (Å²) in [5, 5.41) is 3.13. The molecule has 1 saturated carbocycles. The van der Waals surface area contributed by atoms with Crippen LogP contribution in [0.15, 0.2) is 36.7 Å². The first-order valence-corrected chi connectivity index (χ1v) is 8.77. The van der Waals surface area contributed by atoms with Crippen molar-refractivity contribution in [2.45, 2.75) is 50.4 Å². The Morgan fingerprint density at radius 2 is 1.93 bits per heavy atom. The Hall–Kier alpha value is -2.64. The van der Waals surface area contributed by atoms with Gasteiger partial charge in [-0.15, -0.1) is 0 Å². The van der Waals surface area contributed by atoms with E-state index in [4.69, 9.17) is 0 Å². The second-order valence-electron chi connectivity index (χ2n) is 7.57. The Morgan fingerprint density at radius 3 is 2.56 bits per heavy atom. The maximum Gasteiger partial charge on any atom is 0.417 e. The number of halogens is 3. The number of rotatable bonds is 3. The molecule has 1 fully saturated rings. The SMILES string of the molecule is CC1(C)C(=O)N([C@H]2C[C@H](Nc3ccc(C(F)(F)F)cn3)C2)c2ncccc21. The summed E-state index contributed by atoms with van der Waals surface area (Å²) in [6.45, 7) is 3.80. The van der Waals surface area contributed by atoms with E-state index in [0.717, 1.165) is 17.8 Å². The van der Waals surface area contributed by atoms with E-state index in [2.05, 4.69) is 15.3 Å². The number of nitrogens with one attached hydrogen (secondary N) is 1. The molecule has 1 N–H and O–H groups in total. The van der Waals surface area contributed by atoms with Crippen molar-refractivity contribution in [2.24, 2.45) is 0 Å². The third-order valence-electron chi connectivity index (χ3n) is 5.36. The summed E-state index contributed by atoms with van der Waals surface area (Å²) in [4.78, 5) is 22.9. The number of carbonyl (C=O) groups is 1. The van der Waals surface area contributed by atoms with Crippen molar-refractivity contribution < 1.29 is 18.0 Å². The molecule has 1 aliphatic carbocycles. The molecule has 1 amide bonds. The van der Waals surface area contributed by atoms with Gasteiger partial charge < -0.3 is 5.32 Å². The van der Waals surface area contributed by atoms with Crippen LogP contribution in [0.4, 0.5) is 24.8 Å². The molecule has 2 aliphatic rings. The van der Waals surface area contributed by atoms with Gasteiger partial charge in [-0.25, -0.2) is 9.97 Å². The van der Waals surface area contributed by atoms with Gasteiger partial charge in [0.05, 0.1) is 11.0 Å². The highest BCUT2D eigenvalue weighted by atomic mass is 19.4.